The largest absolute Gasteiger partial charge is 0.482 e. The van der Waals surface area contributed by atoms with E-state index in [0.717, 1.165) is 31.6 Å². The van der Waals surface area contributed by atoms with Crippen molar-refractivity contribution in [2.45, 2.75) is 52.6 Å². The van der Waals surface area contributed by atoms with E-state index in [-0.39, 0.29) is 12.4 Å². The topological polar surface area (TPSA) is 71.8 Å². The minimum atomic E-state index is -1.01. The van der Waals surface area contributed by atoms with Crippen LogP contribution in [0.15, 0.2) is 72.9 Å². The number of carboxylic acids is 1. The molecule has 6 heteroatoms. The van der Waals surface area contributed by atoms with Crippen LogP contribution in [0.4, 0.5) is 0 Å². The van der Waals surface area contributed by atoms with E-state index in [0.29, 0.717) is 23.6 Å². The molecule has 0 unspecified atom stereocenters. The zero-order valence-electron chi connectivity index (χ0n) is 21.9. The second-order valence-corrected chi connectivity index (χ2v) is 9.21. The van der Waals surface area contributed by atoms with E-state index in [4.69, 9.17) is 9.84 Å². The average Bonchev–Trinajstić information content (AvgIpc) is 3.36. The fourth-order valence-corrected chi connectivity index (χ4v) is 4.27. The molecular weight excluding hydrogens is 464 g/mol. The molecule has 0 fully saturated rings. The average molecular weight is 503 g/mol. The molecule has 1 N–H and O–H groups in total. The summed E-state index contributed by atoms with van der Waals surface area (Å²) in [5.41, 5.74) is 3.45. The fourth-order valence-electron chi connectivity index (χ4n) is 4.27. The Kier molecular flexibility index (Phi) is 11.2. The highest BCUT2D eigenvalue weighted by Gasteiger charge is 2.13. The zero-order chi connectivity index (χ0) is 26.5. The fraction of sp³-hybridized carbons (Fsp3) is 0.355. The number of carboxylic acid groups (broad SMARTS) is 1. The van der Waals surface area contributed by atoms with Crippen molar-refractivity contribution in [2.75, 3.05) is 19.7 Å². The molecule has 2 aromatic carbocycles. The summed E-state index contributed by atoms with van der Waals surface area (Å²) in [5.74, 6) is -0.507. The molecular formula is C31H38N2O4. The second-order valence-electron chi connectivity index (χ2n) is 9.21. The lowest BCUT2D eigenvalue weighted by Crippen LogP contribution is -2.25. The second kappa shape index (κ2) is 14.8. The van der Waals surface area contributed by atoms with E-state index in [2.05, 4.69) is 30.9 Å². The molecule has 0 aliphatic rings. The molecule has 0 spiro atoms. The number of ether oxygens (including phenoxy) is 1. The predicted molar refractivity (Wildman–Crippen MR) is 148 cm³/mol. The molecule has 3 aromatic rings. The number of carbonyl (C=O) groups is 2. The monoisotopic (exact) mass is 502 g/mol. The van der Waals surface area contributed by atoms with E-state index in [9.17, 15) is 9.59 Å². The summed E-state index contributed by atoms with van der Waals surface area (Å²) in [6.07, 6.45) is 10.6. The molecule has 1 aromatic heterocycles. The zero-order valence-corrected chi connectivity index (χ0v) is 21.9. The number of allylic oxidation sites excluding steroid dienone is 1. The first kappa shape index (κ1) is 27.9. The van der Waals surface area contributed by atoms with Gasteiger partial charge in [-0.05, 0) is 61.3 Å². The third-order valence-electron chi connectivity index (χ3n) is 6.14. The lowest BCUT2D eigenvalue weighted by Gasteiger charge is -2.21. The molecule has 3 rings (SSSR count). The number of hydrogen-bond donors (Lipinski definition) is 1. The van der Waals surface area contributed by atoms with Crippen molar-refractivity contribution in [3.63, 3.8) is 0 Å². The number of carbonyl (C=O) groups excluding carboxylic acids is 1. The maximum Gasteiger partial charge on any atom is 0.341 e. The Morgan fingerprint density at radius 3 is 2.51 bits per heavy atom. The summed E-state index contributed by atoms with van der Waals surface area (Å²) in [4.78, 5) is 26.4. The van der Waals surface area contributed by atoms with Gasteiger partial charge in [-0.1, -0.05) is 75.2 Å². The number of aromatic nitrogens is 1. The highest BCUT2D eigenvalue weighted by molar-refractivity contribution is 6.08. The van der Waals surface area contributed by atoms with Crippen LogP contribution in [-0.4, -0.2) is 46.0 Å². The molecule has 0 amide bonds. The van der Waals surface area contributed by atoms with Gasteiger partial charge in [0.15, 0.2) is 6.61 Å². The molecule has 0 radical (unpaired) electrons. The van der Waals surface area contributed by atoms with E-state index in [1.54, 1.807) is 12.1 Å². The summed E-state index contributed by atoms with van der Waals surface area (Å²) < 4.78 is 7.16. The van der Waals surface area contributed by atoms with Crippen LogP contribution in [0.5, 0.6) is 5.75 Å². The molecule has 0 atom stereocenters. The van der Waals surface area contributed by atoms with Gasteiger partial charge in [0.1, 0.15) is 5.75 Å². The standard InChI is InChI=1S/C31H38N2O4/c1-3-5-6-19-32(18-4-2)23-26-14-16-27(17-15-26)31(36)29-13-9-21-33(29)20-8-11-25-10-7-12-28(22-25)37-24-30(34)35/h7-17,21-22H,3-6,18-20,23-24H2,1-2H3,(H,34,35)/b11-8+. The first-order valence-corrected chi connectivity index (χ1v) is 13.1. The van der Waals surface area contributed by atoms with Crippen LogP contribution >= 0.6 is 0 Å². The lowest BCUT2D eigenvalue weighted by atomic mass is 10.1. The van der Waals surface area contributed by atoms with Crippen LogP contribution in [0.3, 0.4) is 0 Å². The van der Waals surface area contributed by atoms with Gasteiger partial charge < -0.3 is 14.4 Å². The first-order chi connectivity index (χ1) is 18.0. The molecule has 0 saturated heterocycles. The van der Waals surface area contributed by atoms with Crippen molar-refractivity contribution in [3.8, 4) is 5.75 Å². The number of benzene rings is 2. The number of hydrogen-bond acceptors (Lipinski definition) is 4. The van der Waals surface area contributed by atoms with Crippen molar-refractivity contribution in [1.29, 1.82) is 0 Å². The molecule has 0 saturated carbocycles. The molecule has 1 heterocycles. The van der Waals surface area contributed by atoms with E-state index < -0.39 is 5.97 Å². The number of ketones is 1. The van der Waals surface area contributed by atoms with Gasteiger partial charge in [0.25, 0.3) is 0 Å². The maximum absolute atomic E-state index is 13.2. The quantitative estimate of drug-likeness (QED) is 0.184. The SMILES string of the molecule is CCCCCN(CCC)Cc1ccc(C(=O)c2cccn2C/C=C/c2cccc(OCC(=O)O)c2)cc1. The summed E-state index contributed by atoms with van der Waals surface area (Å²) >= 11 is 0. The molecule has 6 nitrogen and oxygen atoms in total. The summed E-state index contributed by atoms with van der Waals surface area (Å²) in [6.45, 7) is 7.72. The summed E-state index contributed by atoms with van der Waals surface area (Å²) in [6, 6.07) is 19.0. The third kappa shape index (κ3) is 9.07. The summed E-state index contributed by atoms with van der Waals surface area (Å²) in [5, 5.41) is 8.78. The number of nitrogens with zero attached hydrogens (tertiary/aromatic N) is 2. The number of unbranched alkanes of at least 4 members (excludes halogenated alkanes) is 2. The Balaban J connectivity index is 1.61. The predicted octanol–water partition coefficient (Wildman–Crippen LogP) is 6.30. The molecule has 196 valence electrons. The number of rotatable bonds is 16. The van der Waals surface area contributed by atoms with Gasteiger partial charge >= 0.3 is 5.97 Å². The van der Waals surface area contributed by atoms with Gasteiger partial charge in [-0.2, -0.15) is 0 Å². The van der Waals surface area contributed by atoms with Crippen LogP contribution in [-0.2, 0) is 17.9 Å². The van der Waals surface area contributed by atoms with E-state index in [1.165, 1.54) is 24.8 Å². The first-order valence-electron chi connectivity index (χ1n) is 13.1. The number of aliphatic carboxylic acids is 1. The van der Waals surface area contributed by atoms with Crippen LogP contribution in [0.1, 0.15) is 66.7 Å². The molecule has 0 aliphatic carbocycles. The van der Waals surface area contributed by atoms with E-state index in [1.807, 2.05) is 59.3 Å². The Morgan fingerprint density at radius 1 is 0.973 bits per heavy atom. The normalized spacial score (nSPS) is 11.3. The van der Waals surface area contributed by atoms with Gasteiger partial charge in [-0.3, -0.25) is 9.69 Å². The van der Waals surface area contributed by atoms with Crippen LogP contribution in [0, 0.1) is 0 Å². The van der Waals surface area contributed by atoms with Crippen molar-refractivity contribution >= 4 is 17.8 Å². The highest BCUT2D eigenvalue weighted by Crippen LogP contribution is 2.17. The van der Waals surface area contributed by atoms with Crippen LogP contribution in [0.2, 0.25) is 0 Å². The van der Waals surface area contributed by atoms with Gasteiger partial charge in [-0.15, -0.1) is 0 Å². The minimum absolute atomic E-state index is 0.00220. The van der Waals surface area contributed by atoms with Crippen molar-refractivity contribution in [1.82, 2.24) is 9.47 Å². The lowest BCUT2D eigenvalue weighted by molar-refractivity contribution is -0.139. The minimum Gasteiger partial charge on any atom is -0.482 e. The van der Waals surface area contributed by atoms with Crippen molar-refractivity contribution in [2.24, 2.45) is 0 Å². The maximum atomic E-state index is 13.2. The Bertz CT molecular complexity index is 1160. The summed E-state index contributed by atoms with van der Waals surface area (Å²) in [7, 11) is 0. The van der Waals surface area contributed by atoms with Crippen LogP contribution < -0.4 is 4.74 Å². The molecule has 0 aliphatic heterocycles. The van der Waals surface area contributed by atoms with Gasteiger partial charge in [0, 0.05) is 24.8 Å². The Labute approximate surface area is 220 Å². The Morgan fingerprint density at radius 2 is 1.78 bits per heavy atom. The molecule has 0 bridgehead atoms. The van der Waals surface area contributed by atoms with Crippen molar-refractivity contribution in [3.05, 3.63) is 95.3 Å². The Hall–Kier alpha value is -3.64. The highest BCUT2D eigenvalue weighted by atomic mass is 16.5. The van der Waals surface area contributed by atoms with E-state index >= 15 is 0 Å². The van der Waals surface area contributed by atoms with Gasteiger partial charge in [-0.25, -0.2) is 4.79 Å². The van der Waals surface area contributed by atoms with Crippen molar-refractivity contribution < 1.29 is 19.4 Å². The van der Waals surface area contributed by atoms with Gasteiger partial charge in [0.05, 0.1) is 5.69 Å². The van der Waals surface area contributed by atoms with Gasteiger partial charge in [0.2, 0.25) is 5.78 Å². The van der Waals surface area contributed by atoms with Crippen LogP contribution in [0.25, 0.3) is 6.08 Å². The molecule has 37 heavy (non-hydrogen) atoms. The smallest absolute Gasteiger partial charge is 0.341 e. The third-order valence-corrected chi connectivity index (χ3v) is 6.14.